The molecule has 0 unspecified atom stereocenters. The quantitative estimate of drug-likeness (QED) is 0.828. The van der Waals surface area contributed by atoms with Crippen LogP contribution in [0, 0.1) is 11.6 Å². The lowest BCUT2D eigenvalue weighted by atomic mass is 10.2. The van der Waals surface area contributed by atoms with E-state index in [1.807, 2.05) is 0 Å². The number of sulfonamides is 1. The van der Waals surface area contributed by atoms with Gasteiger partial charge >= 0.3 is 0 Å². The van der Waals surface area contributed by atoms with Gasteiger partial charge in [0.15, 0.2) is 5.82 Å². The van der Waals surface area contributed by atoms with Gasteiger partial charge in [-0.1, -0.05) is 11.6 Å². The van der Waals surface area contributed by atoms with E-state index in [1.165, 1.54) is 0 Å². The third-order valence-electron chi connectivity index (χ3n) is 3.50. The average molecular weight is 355 g/mol. The van der Waals surface area contributed by atoms with Crippen LogP contribution in [0.4, 0.5) is 8.78 Å². The molecule has 0 radical (unpaired) electrons. The number of aliphatic hydroxyl groups excluding tert-OH is 1. The summed E-state index contributed by atoms with van der Waals surface area (Å²) in [5.41, 5.74) is 0. The summed E-state index contributed by atoms with van der Waals surface area (Å²) in [4.78, 5) is 1.09. The Morgan fingerprint density at radius 3 is 2.64 bits per heavy atom. The molecule has 1 saturated heterocycles. The minimum absolute atomic E-state index is 0.130. The summed E-state index contributed by atoms with van der Waals surface area (Å²) < 4.78 is 53.6. The second kappa shape index (κ2) is 6.37. The molecule has 0 saturated carbocycles. The third kappa shape index (κ3) is 3.26. The van der Waals surface area contributed by atoms with Crippen molar-refractivity contribution in [3.05, 3.63) is 28.8 Å². The minimum Gasteiger partial charge on any atom is -0.392 e. The number of rotatable bonds is 4. The van der Waals surface area contributed by atoms with Gasteiger partial charge in [-0.15, -0.1) is 0 Å². The highest BCUT2D eigenvalue weighted by atomic mass is 35.5. The fraction of sp³-hybridized carbons (Fsp3) is 0.538. The van der Waals surface area contributed by atoms with Gasteiger partial charge in [-0.05, 0) is 32.6 Å². The Morgan fingerprint density at radius 2 is 2.05 bits per heavy atom. The highest BCUT2D eigenvalue weighted by molar-refractivity contribution is 7.89. The molecule has 1 aromatic rings. The van der Waals surface area contributed by atoms with E-state index in [0.29, 0.717) is 6.54 Å². The SMILES string of the molecule is CN(C)C[C@H]1C[C@@H](O)CN1S(=O)(=O)c1ccc(F)c(Cl)c1F. The summed E-state index contributed by atoms with van der Waals surface area (Å²) >= 11 is 5.45. The van der Waals surface area contributed by atoms with E-state index in [4.69, 9.17) is 11.6 Å². The molecule has 0 amide bonds. The average Bonchev–Trinajstić information content (AvgIpc) is 2.76. The molecule has 0 bridgehead atoms. The second-order valence-electron chi connectivity index (χ2n) is 5.55. The van der Waals surface area contributed by atoms with Crippen molar-refractivity contribution < 1.29 is 22.3 Å². The monoisotopic (exact) mass is 354 g/mol. The number of benzene rings is 1. The number of hydrogen-bond donors (Lipinski definition) is 1. The summed E-state index contributed by atoms with van der Waals surface area (Å²) in [6, 6.07) is 1.17. The van der Waals surface area contributed by atoms with Crippen molar-refractivity contribution in [2.24, 2.45) is 0 Å². The Hall–Kier alpha value is -0.800. The number of halogens is 3. The molecule has 0 aliphatic carbocycles. The van der Waals surface area contributed by atoms with Gasteiger partial charge < -0.3 is 10.0 Å². The molecule has 1 fully saturated rings. The van der Waals surface area contributed by atoms with Crippen LogP contribution in [0.3, 0.4) is 0 Å². The molecule has 5 nitrogen and oxygen atoms in total. The standard InChI is InChI=1S/C13H17ClF2N2O3S/c1-17(2)6-8-5-9(19)7-18(8)22(20,21)11-4-3-10(15)12(14)13(11)16/h3-4,8-9,19H,5-7H2,1-2H3/t8-,9-/m1/s1. The normalized spacial score (nSPS) is 23.4. The van der Waals surface area contributed by atoms with Gasteiger partial charge in [0.25, 0.3) is 0 Å². The van der Waals surface area contributed by atoms with Crippen molar-refractivity contribution in [2.45, 2.75) is 23.5 Å². The first kappa shape index (κ1) is 17.6. The maximum Gasteiger partial charge on any atom is 0.246 e. The first-order chi connectivity index (χ1) is 10.1. The number of nitrogens with zero attached hydrogens (tertiary/aromatic N) is 2. The van der Waals surface area contributed by atoms with Gasteiger partial charge in [-0.25, -0.2) is 17.2 Å². The van der Waals surface area contributed by atoms with Gasteiger partial charge in [-0.3, -0.25) is 0 Å². The lowest BCUT2D eigenvalue weighted by molar-refractivity contribution is 0.188. The summed E-state index contributed by atoms with van der Waals surface area (Å²) in [7, 11) is -0.678. The van der Waals surface area contributed by atoms with Crippen LogP contribution < -0.4 is 0 Å². The molecular weight excluding hydrogens is 338 g/mol. The Kier molecular flexibility index (Phi) is 5.08. The van der Waals surface area contributed by atoms with Crippen molar-refractivity contribution in [2.75, 3.05) is 27.2 Å². The first-order valence-electron chi connectivity index (χ1n) is 6.62. The maximum atomic E-state index is 14.0. The molecule has 0 spiro atoms. The Balaban J connectivity index is 2.43. The molecule has 2 rings (SSSR count). The van der Waals surface area contributed by atoms with Gasteiger partial charge in [0, 0.05) is 19.1 Å². The van der Waals surface area contributed by atoms with Crippen molar-refractivity contribution >= 4 is 21.6 Å². The molecule has 22 heavy (non-hydrogen) atoms. The summed E-state index contributed by atoms with van der Waals surface area (Å²) in [5.74, 6) is -2.34. The van der Waals surface area contributed by atoms with Crippen LogP contribution in [0.2, 0.25) is 5.02 Å². The molecule has 0 aromatic heterocycles. The Bertz CT molecular complexity index is 669. The number of aliphatic hydroxyl groups is 1. The molecule has 9 heteroatoms. The second-order valence-corrected chi connectivity index (χ2v) is 7.79. The Morgan fingerprint density at radius 1 is 1.41 bits per heavy atom. The molecule has 1 N–H and O–H groups in total. The zero-order valence-corrected chi connectivity index (χ0v) is 13.7. The zero-order valence-electron chi connectivity index (χ0n) is 12.1. The number of hydrogen-bond acceptors (Lipinski definition) is 4. The summed E-state index contributed by atoms with van der Waals surface area (Å²) in [6.45, 7) is 0.252. The Labute approximate surface area is 133 Å². The molecular formula is C13H17ClF2N2O3S. The van der Waals surface area contributed by atoms with E-state index in [1.54, 1.807) is 19.0 Å². The van der Waals surface area contributed by atoms with E-state index in [2.05, 4.69) is 0 Å². The highest BCUT2D eigenvalue weighted by Crippen LogP contribution is 2.31. The predicted molar refractivity (Wildman–Crippen MR) is 78.2 cm³/mol. The number of likely N-dealkylation sites (N-methyl/N-ethyl adjacent to an activating group) is 1. The van der Waals surface area contributed by atoms with Crippen LogP contribution in [0.5, 0.6) is 0 Å². The first-order valence-corrected chi connectivity index (χ1v) is 8.44. The summed E-state index contributed by atoms with van der Waals surface area (Å²) in [5, 5.41) is 8.90. The van der Waals surface area contributed by atoms with Gasteiger partial charge in [0.1, 0.15) is 15.7 Å². The van der Waals surface area contributed by atoms with E-state index in [9.17, 15) is 22.3 Å². The molecule has 1 heterocycles. The lowest BCUT2D eigenvalue weighted by Gasteiger charge is -2.26. The fourth-order valence-electron chi connectivity index (χ4n) is 2.58. The predicted octanol–water partition coefficient (Wildman–Crippen LogP) is 1.30. The third-order valence-corrected chi connectivity index (χ3v) is 5.79. The van der Waals surface area contributed by atoms with Gasteiger partial charge in [-0.2, -0.15) is 4.31 Å². The molecule has 1 aliphatic heterocycles. The summed E-state index contributed by atoms with van der Waals surface area (Å²) in [6.07, 6.45) is -0.563. The zero-order chi connectivity index (χ0) is 16.7. The van der Waals surface area contributed by atoms with Crippen molar-refractivity contribution in [1.29, 1.82) is 0 Å². The maximum absolute atomic E-state index is 14.0. The molecule has 1 aromatic carbocycles. The van der Waals surface area contributed by atoms with Gasteiger partial charge in [0.05, 0.1) is 6.10 Å². The molecule has 124 valence electrons. The van der Waals surface area contributed by atoms with E-state index in [-0.39, 0.29) is 13.0 Å². The van der Waals surface area contributed by atoms with Crippen molar-refractivity contribution in [3.63, 3.8) is 0 Å². The van der Waals surface area contributed by atoms with Crippen LogP contribution in [0.1, 0.15) is 6.42 Å². The van der Waals surface area contributed by atoms with Crippen LogP contribution in [-0.4, -0.2) is 62.1 Å². The van der Waals surface area contributed by atoms with E-state index < -0.39 is 43.7 Å². The van der Waals surface area contributed by atoms with Crippen LogP contribution in [-0.2, 0) is 10.0 Å². The van der Waals surface area contributed by atoms with Gasteiger partial charge in [0.2, 0.25) is 10.0 Å². The van der Waals surface area contributed by atoms with E-state index in [0.717, 1.165) is 16.4 Å². The molecule has 2 atom stereocenters. The lowest BCUT2D eigenvalue weighted by Crippen LogP contribution is -2.41. The van der Waals surface area contributed by atoms with Crippen molar-refractivity contribution in [3.8, 4) is 0 Å². The van der Waals surface area contributed by atoms with Crippen molar-refractivity contribution in [1.82, 2.24) is 9.21 Å². The van der Waals surface area contributed by atoms with Crippen LogP contribution in [0.15, 0.2) is 17.0 Å². The molecule has 1 aliphatic rings. The smallest absolute Gasteiger partial charge is 0.246 e. The van der Waals surface area contributed by atoms with Crippen LogP contribution in [0.25, 0.3) is 0 Å². The minimum atomic E-state index is -4.22. The number of β-amino-alcohol motifs (C(OH)–C–C–N with tert-alkyl or cyclic N) is 1. The van der Waals surface area contributed by atoms with Crippen LogP contribution >= 0.6 is 11.6 Å². The fourth-order valence-corrected chi connectivity index (χ4v) is 4.53. The highest BCUT2D eigenvalue weighted by Gasteiger charge is 2.41. The topological polar surface area (TPSA) is 60.9 Å². The van der Waals surface area contributed by atoms with E-state index >= 15 is 0 Å². The largest absolute Gasteiger partial charge is 0.392 e.